The maximum atomic E-state index is 12.3. The van der Waals surface area contributed by atoms with Gasteiger partial charge in [0.05, 0.1) is 11.4 Å². The normalized spacial score (nSPS) is 25.4. The summed E-state index contributed by atoms with van der Waals surface area (Å²) in [6.07, 6.45) is 3.35. The highest BCUT2D eigenvalue weighted by Gasteiger charge is 2.36. The van der Waals surface area contributed by atoms with E-state index in [9.17, 15) is 9.59 Å². The molecule has 6 heteroatoms. The molecule has 0 spiro atoms. The second-order valence-electron chi connectivity index (χ2n) is 6.82. The summed E-state index contributed by atoms with van der Waals surface area (Å²) in [5.74, 6) is -0.311. The Bertz CT molecular complexity index is 642. The fraction of sp³-hybridized carbons (Fsp3) is 0.556. The van der Waals surface area contributed by atoms with Crippen molar-refractivity contribution < 1.29 is 9.59 Å². The minimum Gasteiger partial charge on any atom is -0.365 e. The van der Waals surface area contributed by atoms with Crippen molar-refractivity contribution >= 4 is 23.2 Å². The number of para-hydroxylation sites is 2. The van der Waals surface area contributed by atoms with Gasteiger partial charge in [-0.05, 0) is 44.5 Å². The number of carbonyl (C=O) groups excluding carboxylic acids is 2. The molecule has 4 rings (SSSR count). The molecule has 24 heavy (non-hydrogen) atoms. The number of nitrogens with one attached hydrogen (secondary N) is 2. The van der Waals surface area contributed by atoms with Gasteiger partial charge in [0, 0.05) is 25.6 Å². The molecule has 3 aliphatic rings. The Morgan fingerprint density at radius 1 is 0.917 bits per heavy atom. The minimum absolute atomic E-state index is 0.155. The number of anilines is 2. The quantitative estimate of drug-likeness (QED) is 0.789. The Morgan fingerprint density at radius 3 is 2.29 bits per heavy atom. The van der Waals surface area contributed by atoms with Gasteiger partial charge in [0.25, 0.3) is 0 Å². The summed E-state index contributed by atoms with van der Waals surface area (Å²) in [4.78, 5) is 28.4. The van der Waals surface area contributed by atoms with E-state index in [0.29, 0.717) is 18.9 Å². The van der Waals surface area contributed by atoms with E-state index in [-0.39, 0.29) is 17.9 Å². The zero-order chi connectivity index (χ0) is 16.5. The van der Waals surface area contributed by atoms with Gasteiger partial charge in [-0.2, -0.15) is 0 Å². The highest BCUT2D eigenvalue weighted by molar-refractivity contribution is 6.02. The highest BCUT2D eigenvalue weighted by atomic mass is 16.2. The zero-order valence-electron chi connectivity index (χ0n) is 13.8. The predicted molar refractivity (Wildman–Crippen MR) is 93.2 cm³/mol. The van der Waals surface area contributed by atoms with Gasteiger partial charge < -0.3 is 15.1 Å². The van der Waals surface area contributed by atoms with Crippen LogP contribution < -0.4 is 20.4 Å². The van der Waals surface area contributed by atoms with Gasteiger partial charge in [0.15, 0.2) is 0 Å². The van der Waals surface area contributed by atoms with Crippen LogP contribution >= 0.6 is 0 Å². The molecule has 6 nitrogen and oxygen atoms in total. The number of imide groups is 1. The number of hydrogen-bond acceptors (Lipinski definition) is 5. The van der Waals surface area contributed by atoms with Crippen molar-refractivity contribution in [2.45, 2.75) is 37.8 Å². The summed E-state index contributed by atoms with van der Waals surface area (Å²) >= 11 is 0. The fourth-order valence-electron chi connectivity index (χ4n) is 4.21. The Morgan fingerprint density at radius 2 is 1.58 bits per heavy atom. The second kappa shape index (κ2) is 6.43. The largest absolute Gasteiger partial charge is 0.365 e. The molecule has 2 amide bonds. The Hall–Kier alpha value is -2.08. The third-order valence-corrected chi connectivity index (χ3v) is 5.42. The van der Waals surface area contributed by atoms with Crippen LogP contribution in [0.15, 0.2) is 24.3 Å². The van der Waals surface area contributed by atoms with Crippen LogP contribution in [0.3, 0.4) is 0 Å². The molecule has 3 heterocycles. The summed E-state index contributed by atoms with van der Waals surface area (Å²) in [7, 11) is 0. The van der Waals surface area contributed by atoms with Gasteiger partial charge in [-0.1, -0.05) is 12.1 Å². The molecule has 128 valence electrons. The lowest BCUT2D eigenvalue weighted by Gasteiger charge is -2.46. The maximum Gasteiger partial charge on any atom is 0.249 e. The lowest BCUT2D eigenvalue weighted by atomic mass is 9.98. The molecule has 1 aromatic carbocycles. The summed E-state index contributed by atoms with van der Waals surface area (Å²) in [5, 5.41) is 5.92. The minimum atomic E-state index is -0.237. The molecular weight excluding hydrogens is 304 g/mol. The maximum absolute atomic E-state index is 12.3. The van der Waals surface area contributed by atoms with Gasteiger partial charge in [-0.25, -0.2) is 0 Å². The lowest BCUT2D eigenvalue weighted by molar-refractivity contribution is -0.134. The van der Waals surface area contributed by atoms with Gasteiger partial charge in [0.1, 0.15) is 6.04 Å². The molecule has 0 saturated carbocycles. The van der Waals surface area contributed by atoms with E-state index < -0.39 is 0 Å². The summed E-state index contributed by atoms with van der Waals surface area (Å²) in [6, 6.07) is 8.70. The number of hydrogen-bond donors (Lipinski definition) is 2. The van der Waals surface area contributed by atoms with Gasteiger partial charge in [-0.3, -0.25) is 14.9 Å². The van der Waals surface area contributed by atoms with Crippen molar-refractivity contribution in [3.63, 3.8) is 0 Å². The summed E-state index contributed by atoms with van der Waals surface area (Å²) in [5.41, 5.74) is 2.34. The van der Waals surface area contributed by atoms with Crippen molar-refractivity contribution in [2.75, 3.05) is 36.0 Å². The standard InChI is InChI=1S/C18H24N4O2/c23-17-6-5-16(18(24)20-17)22-12-11-21(13-7-9-19-10-8-13)14-3-1-2-4-15(14)22/h1-4,13,16,19H,5-12H2,(H,20,23,24). The van der Waals surface area contributed by atoms with E-state index >= 15 is 0 Å². The Labute approximate surface area is 142 Å². The number of nitrogens with zero attached hydrogens (tertiary/aromatic N) is 2. The Balaban J connectivity index is 1.61. The number of amides is 2. The van der Waals surface area contributed by atoms with Crippen molar-refractivity contribution in [3.05, 3.63) is 24.3 Å². The van der Waals surface area contributed by atoms with E-state index in [2.05, 4.69) is 38.6 Å². The van der Waals surface area contributed by atoms with Gasteiger partial charge >= 0.3 is 0 Å². The van der Waals surface area contributed by atoms with Crippen LogP contribution in [0.1, 0.15) is 25.7 Å². The second-order valence-corrected chi connectivity index (χ2v) is 6.82. The number of fused-ring (bicyclic) bond motifs is 1. The average molecular weight is 328 g/mol. The number of rotatable bonds is 2. The fourth-order valence-corrected chi connectivity index (χ4v) is 4.21. The third-order valence-electron chi connectivity index (χ3n) is 5.42. The van der Waals surface area contributed by atoms with Crippen LogP contribution in [0, 0.1) is 0 Å². The van der Waals surface area contributed by atoms with Crippen LogP contribution in [0.4, 0.5) is 11.4 Å². The topological polar surface area (TPSA) is 64.7 Å². The van der Waals surface area contributed by atoms with Crippen LogP contribution in [0.25, 0.3) is 0 Å². The van der Waals surface area contributed by atoms with Crippen molar-refractivity contribution in [1.82, 2.24) is 10.6 Å². The molecule has 3 aliphatic heterocycles. The van der Waals surface area contributed by atoms with Crippen molar-refractivity contribution in [1.29, 1.82) is 0 Å². The molecule has 0 aliphatic carbocycles. The molecule has 0 bridgehead atoms. The highest BCUT2D eigenvalue weighted by Crippen LogP contribution is 2.37. The summed E-state index contributed by atoms with van der Waals surface area (Å²) < 4.78 is 0. The molecular formula is C18H24N4O2. The molecule has 2 fully saturated rings. The molecule has 2 saturated heterocycles. The van der Waals surface area contributed by atoms with E-state index in [4.69, 9.17) is 0 Å². The van der Waals surface area contributed by atoms with Crippen LogP contribution in [-0.2, 0) is 9.59 Å². The number of benzene rings is 1. The van der Waals surface area contributed by atoms with E-state index in [0.717, 1.165) is 44.7 Å². The summed E-state index contributed by atoms with van der Waals surface area (Å²) in [6.45, 7) is 3.90. The average Bonchev–Trinajstić information content (AvgIpc) is 2.62. The van der Waals surface area contributed by atoms with Crippen LogP contribution in [0.2, 0.25) is 0 Å². The first-order chi connectivity index (χ1) is 11.7. The smallest absolute Gasteiger partial charge is 0.249 e. The first kappa shape index (κ1) is 15.4. The first-order valence-corrected chi connectivity index (χ1v) is 8.91. The first-order valence-electron chi connectivity index (χ1n) is 8.91. The van der Waals surface area contributed by atoms with Crippen molar-refractivity contribution in [2.24, 2.45) is 0 Å². The predicted octanol–water partition coefficient (Wildman–Crippen LogP) is 0.870. The molecule has 1 atom stereocenters. The monoisotopic (exact) mass is 328 g/mol. The van der Waals surface area contributed by atoms with E-state index in [1.54, 1.807) is 0 Å². The lowest BCUT2D eigenvalue weighted by Crippen LogP contribution is -2.57. The third kappa shape index (κ3) is 2.75. The van der Waals surface area contributed by atoms with Gasteiger partial charge in [-0.15, -0.1) is 0 Å². The van der Waals surface area contributed by atoms with Crippen molar-refractivity contribution in [3.8, 4) is 0 Å². The molecule has 2 N–H and O–H groups in total. The van der Waals surface area contributed by atoms with Crippen LogP contribution in [0.5, 0.6) is 0 Å². The van der Waals surface area contributed by atoms with E-state index in [1.807, 2.05) is 6.07 Å². The molecule has 0 radical (unpaired) electrons. The van der Waals surface area contributed by atoms with Crippen LogP contribution in [-0.4, -0.2) is 50.1 Å². The molecule has 1 aromatic rings. The van der Waals surface area contributed by atoms with Gasteiger partial charge in [0.2, 0.25) is 11.8 Å². The number of piperidine rings is 2. The van der Waals surface area contributed by atoms with E-state index in [1.165, 1.54) is 5.69 Å². The SMILES string of the molecule is O=C1CCC(N2CCN(C3CCNCC3)c3ccccc32)C(=O)N1. The zero-order valence-corrected chi connectivity index (χ0v) is 13.8. The molecule has 1 unspecified atom stereocenters. The molecule has 0 aromatic heterocycles. The Kier molecular flexibility index (Phi) is 4.14. The number of carbonyl (C=O) groups is 2.